The van der Waals surface area contributed by atoms with Gasteiger partial charge in [0, 0.05) is 45.0 Å². The van der Waals surface area contributed by atoms with E-state index in [1.165, 1.54) is 16.8 Å². The Kier molecular flexibility index (Phi) is 4.27. The van der Waals surface area contributed by atoms with Gasteiger partial charge in [0.2, 0.25) is 0 Å². The number of nitrogens with zero attached hydrogens (tertiary/aromatic N) is 5. The van der Waals surface area contributed by atoms with Gasteiger partial charge < -0.3 is 19.4 Å². The Morgan fingerprint density at radius 1 is 0.793 bits per heavy atom. The molecule has 5 rings (SSSR count). The molecule has 0 saturated carbocycles. The minimum atomic E-state index is 0.559. The fraction of sp³-hybridized carbons (Fsp3) is 0.304. The lowest BCUT2D eigenvalue weighted by Gasteiger charge is -2.38. The van der Waals surface area contributed by atoms with Crippen LogP contribution in [0.25, 0.3) is 0 Å². The highest BCUT2D eigenvalue weighted by Crippen LogP contribution is 2.44. The van der Waals surface area contributed by atoms with Crippen molar-refractivity contribution in [2.75, 3.05) is 47.9 Å². The molecule has 1 saturated heterocycles. The van der Waals surface area contributed by atoms with Gasteiger partial charge in [-0.15, -0.1) is 10.2 Å². The lowest BCUT2D eigenvalue weighted by atomic mass is 10.1. The standard InChI is InChI=1S/C23H25N5O/c1-16-8-9-17(2)19(14-16)27-10-12-28(13-11-27)22-15-20-23(25-24-22)29-21-7-5-4-6-18(21)26(20)3/h4-9,14-15H,10-13H2,1-3H3. The number of anilines is 4. The number of benzene rings is 2. The van der Waals surface area contributed by atoms with E-state index in [1.807, 2.05) is 25.2 Å². The summed E-state index contributed by atoms with van der Waals surface area (Å²) in [4.78, 5) is 6.90. The predicted molar refractivity (Wildman–Crippen MR) is 117 cm³/mol. The summed E-state index contributed by atoms with van der Waals surface area (Å²) in [6, 6.07) is 16.8. The molecule has 0 atom stereocenters. The topological polar surface area (TPSA) is 44.7 Å². The highest BCUT2D eigenvalue weighted by molar-refractivity contribution is 5.77. The number of aryl methyl sites for hydroxylation is 2. The maximum Gasteiger partial charge on any atom is 0.263 e. The van der Waals surface area contributed by atoms with Gasteiger partial charge in [0.15, 0.2) is 11.6 Å². The number of rotatable bonds is 2. The van der Waals surface area contributed by atoms with Crippen molar-refractivity contribution < 1.29 is 4.74 Å². The van der Waals surface area contributed by atoms with E-state index in [0.29, 0.717) is 5.88 Å². The van der Waals surface area contributed by atoms with Gasteiger partial charge in [0.1, 0.15) is 5.69 Å². The molecule has 1 fully saturated rings. The zero-order valence-corrected chi connectivity index (χ0v) is 17.1. The molecular formula is C23H25N5O. The van der Waals surface area contributed by atoms with Crippen molar-refractivity contribution in [1.29, 1.82) is 0 Å². The summed E-state index contributed by atoms with van der Waals surface area (Å²) in [6.07, 6.45) is 0. The van der Waals surface area contributed by atoms with Crippen LogP contribution in [0.15, 0.2) is 48.5 Å². The van der Waals surface area contributed by atoms with E-state index >= 15 is 0 Å². The van der Waals surface area contributed by atoms with Crippen molar-refractivity contribution in [3.8, 4) is 11.6 Å². The summed E-state index contributed by atoms with van der Waals surface area (Å²) in [5, 5.41) is 8.84. The first-order valence-electron chi connectivity index (χ1n) is 10.1. The Morgan fingerprint density at radius 2 is 1.55 bits per heavy atom. The van der Waals surface area contributed by atoms with E-state index in [9.17, 15) is 0 Å². The zero-order chi connectivity index (χ0) is 20.0. The first-order valence-corrected chi connectivity index (χ1v) is 10.1. The Balaban J connectivity index is 1.35. The van der Waals surface area contributed by atoms with Gasteiger partial charge in [-0.25, -0.2) is 0 Å². The summed E-state index contributed by atoms with van der Waals surface area (Å²) in [5.41, 5.74) is 5.96. The number of hydrogen-bond donors (Lipinski definition) is 0. The van der Waals surface area contributed by atoms with E-state index < -0.39 is 0 Å². The zero-order valence-electron chi connectivity index (χ0n) is 17.1. The van der Waals surface area contributed by atoms with Gasteiger partial charge in [-0.3, -0.25) is 0 Å². The van der Waals surface area contributed by atoms with Crippen molar-refractivity contribution in [1.82, 2.24) is 10.2 Å². The quantitative estimate of drug-likeness (QED) is 0.654. The monoisotopic (exact) mass is 387 g/mol. The average molecular weight is 387 g/mol. The number of piperazine rings is 1. The Bertz CT molecular complexity index is 1060. The first kappa shape index (κ1) is 17.8. The molecule has 0 unspecified atom stereocenters. The molecule has 2 aliphatic heterocycles. The van der Waals surface area contributed by atoms with Gasteiger partial charge >= 0.3 is 0 Å². The molecule has 0 radical (unpaired) electrons. The molecule has 0 N–H and O–H groups in total. The second-order valence-electron chi connectivity index (χ2n) is 7.79. The SMILES string of the molecule is Cc1ccc(C)c(N2CCN(c3cc4c(nn3)Oc3ccccc3N4C)CC2)c1. The van der Waals surface area contributed by atoms with Crippen LogP contribution in [0.1, 0.15) is 11.1 Å². The maximum absolute atomic E-state index is 5.95. The Morgan fingerprint density at radius 3 is 2.38 bits per heavy atom. The van der Waals surface area contributed by atoms with Crippen LogP contribution in [-0.2, 0) is 0 Å². The van der Waals surface area contributed by atoms with Gasteiger partial charge in [-0.05, 0) is 43.2 Å². The molecule has 3 heterocycles. The second kappa shape index (κ2) is 6.95. The van der Waals surface area contributed by atoms with Crippen LogP contribution < -0.4 is 19.4 Å². The van der Waals surface area contributed by atoms with Gasteiger partial charge in [0.05, 0.1) is 5.69 Å². The molecule has 1 aromatic heterocycles. The molecule has 148 valence electrons. The highest BCUT2D eigenvalue weighted by Gasteiger charge is 2.26. The summed E-state index contributed by atoms with van der Waals surface area (Å²) in [6.45, 7) is 8.11. The van der Waals surface area contributed by atoms with Gasteiger partial charge in [-0.2, -0.15) is 0 Å². The minimum absolute atomic E-state index is 0.559. The molecule has 2 aliphatic rings. The van der Waals surface area contributed by atoms with Crippen LogP contribution in [0.2, 0.25) is 0 Å². The third-order valence-corrected chi connectivity index (χ3v) is 5.83. The maximum atomic E-state index is 5.95. The molecule has 6 nitrogen and oxygen atoms in total. The number of hydrogen-bond acceptors (Lipinski definition) is 6. The molecule has 0 amide bonds. The first-order chi connectivity index (χ1) is 14.1. The number of fused-ring (bicyclic) bond motifs is 2. The minimum Gasteiger partial charge on any atom is -0.434 e. The molecular weight excluding hydrogens is 362 g/mol. The fourth-order valence-electron chi connectivity index (χ4n) is 4.12. The Hall–Kier alpha value is -3.28. The van der Waals surface area contributed by atoms with Crippen LogP contribution in [0.5, 0.6) is 11.6 Å². The molecule has 29 heavy (non-hydrogen) atoms. The van der Waals surface area contributed by atoms with Crippen LogP contribution in [-0.4, -0.2) is 43.4 Å². The van der Waals surface area contributed by atoms with E-state index in [-0.39, 0.29) is 0 Å². The van der Waals surface area contributed by atoms with Crippen LogP contribution in [0.3, 0.4) is 0 Å². The summed E-state index contributed by atoms with van der Waals surface area (Å²) >= 11 is 0. The lowest BCUT2D eigenvalue weighted by molar-refractivity contribution is 0.448. The van der Waals surface area contributed by atoms with Crippen LogP contribution in [0, 0.1) is 13.8 Å². The number of para-hydroxylation sites is 2. The van der Waals surface area contributed by atoms with Crippen molar-refractivity contribution >= 4 is 22.9 Å². The molecule has 2 aromatic carbocycles. The van der Waals surface area contributed by atoms with Crippen LogP contribution >= 0.6 is 0 Å². The average Bonchev–Trinajstić information content (AvgIpc) is 2.76. The second-order valence-corrected chi connectivity index (χ2v) is 7.79. The summed E-state index contributed by atoms with van der Waals surface area (Å²) in [5.74, 6) is 2.27. The predicted octanol–water partition coefficient (Wildman–Crippen LogP) is 4.29. The smallest absolute Gasteiger partial charge is 0.263 e. The molecule has 0 spiro atoms. The van der Waals surface area contributed by atoms with E-state index in [4.69, 9.17) is 4.74 Å². The molecule has 6 heteroatoms. The van der Waals surface area contributed by atoms with Gasteiger partial charge in [-0.1, -0.05) is 24.3 Å². The lowest BCUT2D eigenvalue weighted by Crippen LogP contribution is -2.47. The van der Waals surface area contributed by atoms with Crippen LogP contribution in [0.4, 0.5) is 22.9 Å². The third kappa shape index (κ3) is 3.14. The normalized spacial score (nSPS) is 15.6. The van der Waals surface area contributed by atoms with E-state index in [2.05, 4.69) is 69.1 Å². The largest absolute Gasteiger partial charge is 0.434 e. The highest BCUT2D eigenvalue weighted by atomic mass is 16.5. The van der Waals surface area contributed by atoms with E-state index in [1.54, 1.807) is 0 Å². The van der Waals surface area contributed by atoms with Gasteiger partial charge in [0.25, 0.3) is 5.88 Å². The molecule has 0 bridgehead atoms. The molecule has 3 aromatic rings. The summed E-state index contributed by atoms with van der Waals surface area (Å²) in [7, 11) is 2.05. The van der Waals surface area contributed by atoms with Crippen molar-refractivity contribution in [2.24, 2.45) is 0 Å². The van der Waals surface area contributed by atoms with E-state index in [0.717, 1.165) is 49.1 Å². The molecule has 0 aliphatic carbocycles. The van der Waals surface area contributed by atoms with Crippen molar-refractivity contribution in [2.45, 2.75) is 13.8 Å². The van der Waals surface area contributed by atoms with Crippen molar-refractivity contribution in [3.05, 3.63) is 59.7 Å². The summed E-state index contributed by atoms with van der Waals surface area (Å²) < 4.78 is 5.95. The third-order valence-electron chi connectivity index (χ3n) is 5.83. The number of ether oxygens (including phenoxy) is 1. The fourth-order valence-corrected chi connectivity index (χ4v) is 4.12. The Labute approximate surface area is 171 Å². The van der Waals surface area contributed by atoms with Crippen molar-refractivity contribution in [3.63, 3.8) is 0 Å². The number of aromatic nitrogens is 2.